The summed E-state index contributed by atoms with van der Waals surface area (Å²) in [6.45, 7) is 0.297. The van der Waals surface area contributed by atoms with E-state index in [0.717, 1.165) is 0 Å². The van der Waals surface area contributed by atoms with Gasteiger partial charge in [0.1, 0.15) is 11.8 Å². The highest BCUT2D eigenvalue weighted by atomic mass is 35.5. The van der Waals surface area contributed by atoms with Crippen LogP contribution in [0, 0.1) is 0 Å². The fourth-order valence-corrected chi connectivity index (χ4v) is 2.06. The van der Waals surface area contributed by atoms with Crippen LogP contribution in [0.3, 0.4) is 0 Å². The van der Waals surface area contributed by atoms with Gasteiger partial charge in [-0.3, -0.25) is 0 Å². The molecule has 4 N–H and O–H groups in total. The van der Waals surface area contributed by atoms with E-state index in [-0.39, 0.29) is 0 Å². The normalized spacial score (nSPS) is 15.1. The molecule has 0 radical (unpaired) electrons. The van der Waals surface area contributed by atoms with Crippen LogP contribution in [0.15, 0.2) is 18.5 Å². The lowest BCUT2D eigenvalue weighted by Crippen LogP contribution is -2.29. The molecule has 0 fully saturated rings. The second-order valence-corrected chi connectivity index (χ2v) is 4.24. The number of aromatic nitrogens is 2. The zero-order valence-corrected chi connectivity index (χ0v) is 10.1. The summed E-state index contributed by atoms with van der Waals surface area (Å²) in [5, 5.41) is 23.7. The van der Waals surface area contributed by atoms with Crippen molar-refractivity contribution in [1.29, 1.82) is 0 Å². The van der Waals surface area contributed by atoms with Crippen molar-refractivity contribution >= 4 is 22.6 Å². The molecule has 0 saturated carbocycles. The second-order valence-electron chi connectivity index (χ2n) is 3.83. The molecule has 92 valence electrons. The van der Waals surface area contributed by atoms with E-state index >= 15 is 0 Å². The van der Waals surface area contributed by atoms with Crippen LogP contribution in [0.4, 0.5) is 0 Å². The largest absolute Gasteiger partial charge is 0.389 e. The van der Waals surface area contributed by atoms with Gasteiger partial charge in [-0.05, 0) is 13.1 Å². The van der Waals surface area contributed by atoms with Crippen LogP contribution >= 0.6 is 11.6 Å². The zero-order valence-electron chi connectivity index (χ0n) is 9.31. The van der Waals surface area contributed by atoms with Crippen LogP contribution in [0.5, 0.6) is 0 Å². The summed E-state index contributed by atoms with van der Waals surface area (Å²) >= 11 is 6.06. The Kier molecular flexibility index (Phi) is 3.63. The second kappa shape index (κ2) is 5.01. The van der Waals surface area contributed by atoms with Crippen LogP contribution < -0.4 is 5.32 Å². The Labute approximate surface area is 103 Å². The van der Waals surface area contributed by atoms with E-state index < -0.39 is 12.2 Å². The number of hydrogen-bond acceptors (Lipinski definition) is 4. The Bertz CT molecular complexity index is 514. The maximum absolute atomic E-state index is 10.0. The first-order chi connectivity index (χ1) is 8.15. The van der Waals surface area contributed by atoms with Crippen LogP contribution in [0.1, 0.15) is 11.7 Å². The highest BCUT2D eigenvalue weighted by Crippen LogP contribution is 2.30. The molecular weight excluding hydrogens is 242 g/mol. The number of aliphatic hydroxyl groups excluding tert-OH is 2. The number of likely N-dealkylation sites (N-methyl/N-ethyl adjacent to an activating group) is 1. The number of aliphatic hydroxyl groups is 2. The molecule has 0 spiro atoms. The first-order valence-electron chi connectivity index (χ1n) is 5.27. The third-order valence-electron chi connectivity index (χ3n) is 2.65. The van der Waals surface area contributed by atoms with Crippen molar-refractivity contribution in [2.45, 2.75) is 12.2 Å². The number of halogens is 1. The number of nitrogens with one attached hydrogen (secondary N) is 2. The fraction of sp³-hybridized carbons (Fsp3) is 0.364. The number of rotatable bonds is 4. The minimum atomic E-state index is -1.00. The topological polar surface area (TPSA) is 81.2 Å². The van der Waals surface area contributed by atoms with Crippen molar-refractivity contribution in [3.63, 3.8) is 0 Å². The average Bonchev–Trinajstić information content (AvgIpc) is 2.73. The number of nitrogens with zero attached hydrogens (tertiary/aromatic N) is 1. The summed E-state index contributed by atoms with van der Waals surface area (Å²) < 4.78 is 0. The van der Waals surface area contributed by atoms with E-state index in [0.29, 0.717) is 28.2 Å². The van der Waals surface area contributed by atoms with Crippen molar-refractivity contribution in [3.8, 4) is 0 Å². The predicted octanol–water partition coefficient (Wildman–Crippen LogP) is 0.830. The van der Waals surface area contributed by atoms with Crippen LogP contribution in [0.2, 0.25) is 5.02 Å². The molecule has 2 atom stereocenters. The van der Waals surface area contributed by atoms with E-state index in [1.54, 1.807) is 25.5 Å². The minimum absolute atomic E-state index is 0.297. The first kappa shape index (κ1) is 12.3. The molecular formula is C11H14ClN3O2. The quantitative estimate of drug-likeness (QED) is 0.652. The highest BCUT2D eigenvalue weighted by Gasteiger charge is 2.22. The lowest BCUT2D eigenvalue weighted by Gasteiger charge is -2.17. The SMILES string of the molecule is CNCC(O)C(O)c1c[nH]c2nccc(Cl)c12. The molecule has 0 aliphatic carbocycles. The average molecular weight is 256 g/mol. The Balaban J connectivity index is 2.42. The smallest absolute Gasteiger partial charge is 0.139 e. The van der Waals surface area contributed by atoms with Crippen molar-refractivity contribution in [3.05, 3.63) is 29.0 Å². The number of pyridine rings is 1. The molecule has 2 aromatic rings. The third-order valence-corrected chi connectivity index (χ3v) is 2.96. The molecule has 2 unspecified atom stereocenters. The summed E-state index contributed by atoms with van der Waals surface area (Å²) in [5.41, 5.74) is 1.16. The molecule has 0 aliphatic rings. The van der Waals surface area contributed by atoms with Crippen LogP contribution in [-0.4, -0.2) is 39.9 Å². The highest BCUT2D eigenvalue weighted by molar-refractivity contribution is 6.35. The van der Waals surface area contributed by atoms with Crippen LogP contribution in [0.25, 0.3) is 11.0 Å². The molecule has 2 heterocycles. The lowest BCUT2D eigenvalue weighted by atomic mass is 10.0. The number of fused-ring (bicyclic) bond motifs is 1. The molecule has 5 nitrogen and oxygen atoms in total. The van der Waals surface area contributed by atoms with E-state index in [1.807, 2.05) is 0 Å². The Hall–Kier alpha value is -1.14. The van der Waals surface area contributed by atoms with Crippen molar-refractivity contribution in [2.24, 2.45) is 0 Å². The molecule has 2 rings (SSSR count). The molecule has 0 saturated heterocycles. The van der Waals surface area contributed by atoms with Gasteiger partial charge >= 0.3 is 0 Å². The van der Waals surface area contributed by atoms with E-state index in [1.165, 1.54) is 0 Å². The standard InChI is InChI=1S/C11H14ClN3O2/c1-13-5-8(16)10(17)6-4-15-11-9(6)7(12)2-3-14-11/h2-4,8,10,13,16-17H,5H2,1H3,(H,14,15). The van der Waals surface area contributed by atoms with Gasteiger partial charge in [0.15, 0.2) is 0 Å². The van der Waals surface area contributed by atoms with Gasteiger partial charge < -0.3 is 20.5 Å². The maximum Gasteiger partial charge on any atom is 0.139 e. The summed E-state index contributed by atoms with van der Waals surface area (Å²) in [6, 6.07) is 1.65. The van der Waals surface area contributed by atoms with Gasteiger partial charge in [-0.1, -0.05) is 11.6 Å². The van der Waals surface area contributed by atoms with E-state index in [2.05, 4.69) is 15.3 Å². The van der Waals surface area contributed by atoms with Crippen molar-refractivity contribution < 1.29 is 10.2 Å². The van der Waals surface area contributed by atoms with E-state index in [4.69, 9.17) is 11.6 Å². The summed E-state index contributed by atoms with van der Waals surface area (Å²) in [7, 11) is 1.71. The molecule has 6 heteroatoms. The molecule has 2 aromatic heterocycles. The Morgan fingerprint density at radius 2 is 2.29 bits per heavy atom. The molecule has 0 bridgehead atoms. The van der Waals surface area contributed by atoms with Gasteiger partial charge in [-0.15, -0.1) is 0 Å². The lowest BCUT2D eigenvalue weighted by molar-refractivity contribution is 0.0211. The van der Waals surface area contributed by atoms with Gasteiger partial charge in [-0.2, -0.15) is 0 Å². The van der Waals surface area contributed by atoms with Gasteiger partial charge in [-0.25, -0.2) is 4.98 Å². The summed E-state index contributed by atoms with van der Waals surface area (Å²) in [6.07, 6.45) is 1.31. The number of aromatic amines is 1. The van der Waals surface area contributed by atoms with Crippen molar-refractivity contribution in [1.82, 2.24) is 15.3 Å². The maximum atomic E-state index is 10.0. The summed E-state index contributed by atoms with van der Waals surface area (Å²) in [5.74, 6) is 0. The van der Waals surface area contributed by atoms with Gasteiger partial charge in [0.2, 0.25) is 0 Å². The van der Waals surface area contributed by atoms with E-state index in [9.17, 15) is 10.2 Å². The number of hydrogen-bond donors (Lipinski definition) is 4. The third kappa shape index (κ3) is 2.28. The van der Waals surface area contributed by atoms with Gasteiger partial charge in [0, 0.05) is 29.9 Å². The first-order valence-corrected chi connectivity index (χ1v) is 5.65. The monoisotopic (exact) mass is 255 g/mol. The Morgan fingerprint density at radius 1 is 1.53 bits per heavy atom. The molecule has 0 aromatic carbocycles. The van der Waals surface area contributed by atoms with Crippen LogP contribution in [-0.2, 0) is 0 Å². The molecule has 17 heavy (non-hydrogen) atoms. The predicted molar refractivity (Wildman–Crippen MR) is 66.0 cm³/mol. The van der Waals surface area contributed by atoms with Gasteiger partial charge in [0.25, 0.3) is 0 Å². The number of H-pyrrole nitrogens is 1. The fourth-order valence-electron chi connectivity index (χ4n) is 1.80. The van der Waals surface area contributed by atoms with Gasteiger partial charge in [0.05, 0.1) is 11.1 Å². The molecule has 0 aliphatic heterocycles. The van der Waals surface area contributed by atoms with Crippen molar-refractivity contribution in [2.75, 3.05) is 13.6 Å². The Morgan fingerprint density at radius 3 is 3.00 bits per heavy atom. The zero-order chi connectivity index (χ0) is 12.4. The summed E-state index contributed by atoms with van der Waals surface area (Å²) in [4.78, 5) is 7.02. The minimum Gasteiger partial charge on any atom is -0.389 e. The molecule has 0 amide bonds.